The van der Waals surface area contributed by atoms with Crippen molar-refractivity contribution >= 4 is 28.9 Å². The lowest BCUT2D eigenvalue weighted by atomic mass is 9.65. The molecule has 0 spiro atoms. The minimum Gasteiger partial charge on any atom is -0.397 e. The van der Waals surface area contributed by atoms with E-state index in [4.69, 9.17) is 15.2 Å². The van der Waals surface area contributed by atoms with Gasteiger partial charge in [0.15, 0.2) is 6.29 Å². The molecule has 2 aliphatic heterocycles. The largest absolute Gasteiger partial charge is 0.397 e. The molecule has 3 aliphatic rings. The number of nitrogens with one attached hydrogen (secondary N) is 2. The van der Waals surface area contributed by atoms with Crippen molar-refractivity contribution in [2.45, 2.75) is 96.9 Å². The number of hydrogen-bond acceptors (Lipinski definition) is 7. The lowest BCUT2D eigenvalue weighted by molar-refractivity contribution is -0.253. The Labute approximate surface area is 284 Å². The number of carbonyl (C=O) groups is 2. The lowest BCUT2D eigenvalue weighted by Crippen LogP contribution is -2.42. The number of aliphatic hydroxyl groups excluding tert-OH is 1. The molecule has 3 aromatic rings. The first-order valence-corrected chi connectivity index (χ1v) is 17.3. The Morgan fingerprint density at radius 2 is 1.58 bits per heavy atom. The highest BCUT2D eigenvalue weighted by Crippen LogP contribution is 2.53. The molecule has 1 saturated carbocycles. The van der Waals surface area contributed by atoms with Gasteiger partial charge in [0.2, 0.25) is 11.8 Å². The van der Waals surface area contributed by atoms with E-state index in [1.807, 2.05) is 60.7 Å². The second-order valence-corrected chi connectivity index (χ2v) is 15.2. The van der Waals surface area contributed by atoms with Crippen LogP contribution in [0, 0.1) is 10.8 Å². The third-order valence-corrected chi connectivity index (χ3v) is 10.1. The van der Waals surface area contributed by atoms with Crippen LogP contribution in [-0.4, -0.2) is 47.1 Å². The number of amides is 2. The van der Waals surface area contributed by atoms with Gasteiger partial charge < -0.3 is 30.9 Å². The summed E-state index contributed by atoms with van der Waals surface area (Å²) < 4.78 is 13.3. The summed E-state index contributed by atoms with van der Waals surface area (Å²) in [5.41, 5.74) is 11.2. The third kappa shape index (κ3) is 8.44. The summed E-state index contributed by atoms with van der Waals surface area (Å²) in [7, 11) is 0. The molecule has 9 nitrogen and oxygen atoms in total. The van der Waals surface area contributed by atoms with Crippen LogP contribution in [0.25, 0.3) is 0 Å². The smallest absolute Gasteiger partial charge is 0.224 e. The van der Waals surface area contributed by atoms with Crippen molar-refractivity contribution in [1.82, 2.24) is 4.90 Å². The summed E-state index contributed by atoms with van der Waals surface area (Å²) in [5.74, 6) is -0.330. The molecule has 2 amide bonds. The van der Waals surface area contributed by atoms with E-state index in [-0.39, 0.29) is 43.5 Å². The van der Waals surface area contributed by atoms with E-state index in [9.17, 15) is 14.7 Å². The molecule has 1 aliphatic carbocycles. The fourth-order valence-corrected chi connectivity index (χ4v) is 8.26. The zero-order valence-electron chi connectivity index (χ0n) is 28.4. The first-order chi connectivity index (χ1) is 23.0. The number of likely N-dealkylation sites (tertiary alicyclic amines) is 1. The Morgan fingerprint density at radius 1 is 0.896 bits per heavy atom. The Hall–Kier alpha value is -3.76. The zero-order chi connectivity index (χ0) is 33.9. The van der Waals surface area contributed by atoms with Crippen LogP contribution in [0.2, 0.25) is 0 Å². The quantitative estimate of drug-likeness (QED) is 0.165. The highest BCUT2D eigenvalue weighted by atomic mass is 16.7. The lowest BCUT2D eigenvalue weighted by Gasteiger charge is -2.41. The molecule has 48 heavy (non-hydrogen) atoms. The van der Waals surface area contributed by atoms with Gasteiger partial charge in [0.05, 0.1) is 30.2 Å². The molecule has 5 atom stereocenters. The maximum absolute atomic E-state index is 12.7. The van der Waals surface area contributed by atoms with Crippen LogP contribution in [-0.2, 0) is 25.7 Å². The number of hydrogen-bond donors (Lipinski definition) is 4. The van der Waals surface area contributed by atoms with Crippen molar-refractivity contribution in [3.63, 3.8) is 0 Å². The molecule has 2 heterocycles. The highest BCUT2D eigenvalue weighted by Gasteiger charge is 2.50. The molecule has 6 rings (SSSR count). The fraction of sp³-hybridized carbons (Fsp3) is 0.487. The average molecular weight is 655 g/mol. The number of rotatable bonds is 11. The predicted octanol–water partition coefficient (Wildman–Crippen LogP) is 6.95. The summed E-state index contributed by atoms with van der Waals surface area (Å²) >= 11 is 0. The van der Waals surface area contributed by atoms with E-state index in [0.717, 1.165) is 36.2 Å². The summed E-state index contributed by atoms with van der Waals surface area (Å²) in [6.45, 7) is 9.23. The second kappa shape index (κ2) is 14.4. The molecular formula is C39H50N4O5. The van der Waals surface area contributed by atoms with E-state index < -0.39 is 6.29 Å². The first kappa shape index (κ1) is 34.1. The number of nitrogen functional groups attached to an aromatic ring is 1. The zero-order valence-corrected chi connectivity index (χ0v) is 28.4. The molecule has 256 valence electrons. The van der Waals surface area contributed by atoms with Gasteiger partial charge in [-0.1, -0.05) is 69.3 Å². The van der Waals surface area contributed by atoms with Crippen LogP contribution in [0.4, 0.5) is 17.1 Å². The van der Waals surface area contributed by atoms with E-state index in [1.165, 1.54) is 19.3 Å². The van der Waals surface area contributed by atoms with Gasteiger partial charge in [0.1, 0.15) is 0 Å². The summed E-state index contributed by atoms with van der Waals surface area (Å²) in [4.78, 5) is 27.6. The molecule has 0 radical (unpaired) electrons. The fourth-order valence-electron chi connectivity index (χ4n) is 8.26. The molecule has 2 saturated heterocycles. The highest BCUT2D eigenvalue weighted by molar-refractivity contribution is 5.94. The average Bonchev–Trinajstić information content (AvgIpc) is 3.29. The van der Waals surface area contributed by atoms with Crippen LogP contribution in [0.3, 0.4) is 0 Å². The van der Waals surface area contributed by atoms with Gasteiger partial charge in [0.25, 0.3) is 0 Å². The first-order valence-electron chi connectivity index (χ1n) is 17.3. The van der Waals surface area contributed by atoms with E-state index in [0.29, 0.717) is 40.4 Å². The second-order valence-electron chi connectivity index (χ2n) is 15.2. The van der Waals surface area contributed by atoms with Gasteiger partial charge in [-0.3, -0.25) is 14.5 Å². The molecule has 3 fully saturated rings. The van der Waals surface area contributed by atoms with E-state index in [1.54, 1.807) is 12.1 Å². The maximum Gasteiger partial charge on any atom is 0.224 e. The SMILES string of the molecule is CC1(C)CC2CC(C)(CN2C[C@H]2C[C@@H](c3ccc(CO)cc3)O[C@@H](c3ccc(NC(=O)CCCC(=O)Nc4ccccc4N)cc3)O2)C1. The number of fused-ring (bicyclic) bond motifs is 2. The van der Waals surface area contributed by atoms with Gasteiger partial charge in [-0.05, 0) is 71.9 Å². The molecule has 3 aromatic carbocycles. The van der Waals surface area contributed by atoms with Crippen molar-refractivity contribution in [2.24, 2.45) is 10.8 Å². The van der Waals surface area contributed by atoms with Crippen LogP contribution in [0.15, 0.2) is 72.8 Å². The molecule has 0 aromatic heterocycles. The number of carbonyl (C=O) groups excluding carboxylic acids is 2. The van der Waals surface area contributed by atoms with Gasteiger partial charge in [-0.25, -0.2) is 0 Å². The van der Waals surface area contributed by atoms with E-state index >= 15 is 0 Å². The standard InChI is InChI=1S/C39H50N4O5/c1-38(2)20-30-21-39(3,24-38)25-43(30)22-31-19-34(27-13-11-26(23-44)12-14-27)48-37(47-31)28-15-17-29(18-16-28)41-35(45)9-6-10-36(46)42-33-8-5-4-7-32(33)40/h4-5,7-8,11-18,30-31,34,37,44H,6,9-10,19-25,40H2,1-3H3,(H,41,45)(H,42,46)/t30?,31-,34+,37+,39?/m1/s1. The molecule has 2 unspecified atom stereocenters. The van der Waals surface area contributed by atoms with Crippen molar-refractivity contribution < 1.29 is 24.2 Å². The summed E-state index contributed by atoms with van der Waals surface area (Å²) in [5, 5.41) is 15.3. The molecule has 5 N–H and O–H groups in total. The van der Waals surface area contributed by atoms with E-state index in [2.05, 4.69) is 36.3 Å². The number of aliphatic hydroxyl groups is 1. The molecular weight excluding hydrogens is 604 g/mol. The Balaban J connectivity index is 1.07. The van der Waals surface area contributed by atoms with Crippen LogP contribution < -0.4 is 16.4 Å². The number of nitrogens with two attached hydrogens (primary N) is 1. The Bertz CT molecular complexity index is 1580. The van der Waals surface area contributed by atoms with Gasteiger partial charge in [-0.15, -0.1) is 0 Å². The van der Waals surface area contributed by atoms with Gasteiger partial charge >= 0.3 is 0 Å². The summed E-state index contributed by atoms with van der Waals surface area (Å²) in [6, 6.07) is 23.3. The number of ether oxygens (including phenoxy) is 2. The minimum absolute atomic E-state index is 0.00718. The van der Waals surface area contributed by atoms with Crippen LogP contribution in [0.5, 0.6) is 0 Å². The predicted molar refractivity (Wildman–Crippen MR) is 188 cm³/mol. The number of nitrogens with zero attached hydrogens (tertiary/aromatic N) is 1. The third-order valence-electron chi connectivity index (χ3n) is 10.1. The van der Waals surface area contributed by atoms with Crippen LogP contribution in [0.1, 0.15) is 94.8 Å². The Kier molecular flexibility index (Phi) is 10.2. The van der Waals surface area contributed by atoms with Crippen molar-refractivity contribution in [3.8, 4) is 0 Å². The topological polar surface area (TPSA) is 126 Å². The summed E-state index contributed by atoms with van der Waals surface area (Å²) in [6.07, 6.45) is 4.62. The number of anilines is 3. The van der Waals surface area contributed by atoms with Crippen molar-refractivity contribution in [1.29, 1.82) is 0 Å². The number of para-hydroxylation sites is 2. The minimum atomic E-state index is -0.554. The number of benzene rings is 3. The van der Waals surface area contributed by atoms with Gasteiger partial charge in [-0.2, -0.15) is 0 Å². The van der Waals surface area contributed by atoms with Crippen molar-refractivity contribution in [3.05, 3.63) is 89.5 Å². The van der Waals surface area contributed by atoms with Gasteiger partial charge in [0, 0.05) is 49.6 Å². The normalized spacial score (nSPS) is 26.6. The molecule has 2 bridgehead atoms. The molecule has 9 heteroatoms. The maximum atomic E-state index is 12.7. The monoisotopic (exact) mass is 654 g/mol. The van der Waals surface area contributed by atoms with Crippen LogP contribution >= 0.6 is 0 Å². The van der Waals surface area contributed by atoms with Crippen molar-refractivity contribution in [2.75, 3.05) is 29.5 Å². The Morgan fingerprint density at radius 3 is 2.29 bits per heavy atom.